The average molecular weight is 418 g/mol. The summed E-state index contributed by atoms with van der Waals surface area (Å²) in [6.07, 6.45) is 2.83. The number of anilines is 1. The van der Waals surface area contributed by atoms with Crippen LogP contribution in [-0.4, -0.2) is 44.5 Å². The highest BCUT2D eigenvalue weighted by atomic mass is 19.1. The largest absolute Gasteiger partial charge is 0.377 e. The smallest absolute Gasteiger partial charge is 0.272 e. The first-order valence-electron chi connectivity index (χ1n) is 9.64. The minimum absolute atomic E-state index is 0.0597. The second kappa shape index (κ2) is 7.99. The van der Waals surface area contributed by atoms with Crippen molar-refractivity contribution >= 4 is 22.6 Å². The number of aryl methyl sites for hydroxylation is 1. The fourth-order valence-corrected chi connectivity index (χ4v) is 3.57. The molecular formula is C22H19FN6O2. The molecule has 1 saturated heterocycles. The molecule has 156 valence electrons. The Balaban J connectivity index is 1.78. The van der Waals surface area contributed by atoms with E-state index in [4.69, 9.17) is 0 Å². The lowest BCUT2D eigenvalue weighted by Gasteiger charge is -2.39. The minimum Gasteiger partial charge on any atom is -0.377 e. The van der Waals surface area contributed by atoms with Gasteiger partial charge in [0.05, 0.1) is 23.7 Å². The van der Waals surface area contributed by atoms with Crippen LogP contribution in [-0.2, 0) is 11.3 Å². The molecule has 0 bridgehead atoms. The summed E-state index contributed by atoms with van der Waals surface area (Å²) in [5, 5.41) is 13.5. The molecule has 1 aliphatic rings. The number of fused-ring (bicyclic) bond motifs is 1. The number of nitrogens with one attached hydrogen (secondary N) is 1. The summed E-state index contributed by atoms with van der Waals surface area (Å²) in [5.41, 5.74) is 0.868. The first-order chi connectivity index (χ1) is 14.9. The van der Waals surface area contributed by atoms with E-state index in [2.05, 4.69) is 21.9 Å². The summed E-state index contributed by atoms with van der Waals surface area (Å²) < 4.78 is 14.7. The van der Waals surface area contributed by atoms with Gasteiger partial charge in [-0.2, -0.15) is 5.26 Å². The number of halogens is 1. The van der Waals surface area contributed by atoms with Crippen LogP contribution < -0.4 is 10.9 Å². The van der Waals surface area contributed by atoms with Crippen LogP contribution in [0.25, 0.3) is 11.0 Å². The van der Waals surface area contributed by atoms with Crippen LogP contribution in [0.15, 0.2) is 47.9 Å². The average Bonchev–Trinajstić information content (AvgIpc) is 2.73. The van der Waals surface area contributed by atoms with Crippen LogP contribution in [0.1, 0.15) is 17.0 Å². The number of benzene rings is 1. The highest BCUT2D eigenvalue weighted by Gasteiger charge is 2.31. The summed E-state index contributed by atoms with van der Waals surface area (Å²) in [4.78, 5) is 35.2. The Hall–Kier alpha value is -4.06. The molecule has 0 aliphatic carbocycles. The zero-order chi connectivity index (χ0) is 22.1. The Morgan fingerprint density at radius 2 is 2.10 bits per heavy atom. The number of nitriles is 1. The topological polar surface area (TPSA) is 104 Å². The number of hydrogen-bond acceptors (Lipinski definition) is 6. The Kier molecular flexibility index (Phi) is 5.21. The molecule has 31 heavy (non-hydrogen) atoms. The van der Waals surface area contributed by atoms with E-state index in [9.17, 15) is 19.2 Å². The van der Waals surface area contributed by atoms with Gasteiger partial charge in [-0.25, -0.2) is 14.4 Å². The molecular weight excluding hydrogens is 399 g/mol. The third kappa shape index (κ3) is 3.75. The van der Waals surface area contributed by atoms with E-state index >= 15 is 0 Å². The highest BCUT2D eigenvalue weighted by Crippen LogP contribution is 2.26. The maximum absolute atomic E-state index is 13.3. The van der Waals surface area contributed by atoms with Gasteiger partial charge in [-0.05, 0) is 30.7 Å². The number of pyridine rings is 1. The molecule has 0 saturated carbocycles. The Labute approximate surface area is 177 Å². The third-order valence-corrected chi connectivity index (χ3v) is 5.21. The van der Waals surface area contributed by atoms with Crippen molar-refractivity contribution in [3.8, 4) is 6.07 Å². The van der Waals surface area contributed by atoms with Gasteiger partial charge in [0.2, 0.25) is 5.91 Å². The van der Waals surface area contributed by atoms with E-state index in [0.717, 1.165) is 0 Å². The molecule has 1 aliphatic heterocycles. The minimum atomic E-state index is -0.502. The Bertz CT molecular complexity index is 1290. The quantitative estimate of drug-likeness (QED) is 0.636. The molecule has 9 heteroatoms. The van der Waals surface area contributed by atoms with Crippen molar-refractivity contribution in [2.75, 3.05) is 18.4 Å². The second-order valence-electron chi connectivity index (χ2n) is 7.32. The normalized spacial score (nSPS) is 13.5. The molecule has 1 amide bonds. The maximum Gasteiger partial charge on any atom is 0.272 e. The van der Waals surface area contributed by atoms with Gasteiger partial charge in [0.1, 0.15) is 28.9 Å². The van der Waals surface area contributed by atoms with Gasteiger partial charge in [0.15, 0.2) is 0 Å². The van der Waals surface area contributed by atoms with Gasteiger partial charge in [-0.1, -0.05) is 18.7 Å². The molecule has 4 rings (SSSR count). The van der Waals surface area contributed by atoms with E-state index in [1.54, 1.807) is 30.2 Å². The molecule has 8 nitrogen and oxygen atoms in total. The summed E-state index contributed by atoms with van der Waals surface area (Å²) in [5.74, 6) is -0.0697. The lowest BCUT2D eigenvalue weighted by molar-refractivity contribution is -0.129. The number of carbonyl (C=O) groups is 1. The Morgan fingerprint density at radius 1 is 1.39 bits per heavy atom. The molecule has 1 aromatic carbocycles. The van der Waals surface area contributed by atoms with Crippen LogP contribution in [0.5, 0.6) is 0 Å². The summed E-state index contributed by atoms with van der Waals surface area (Å²) in [7, 11) is 0. The second-order valence-corrected chi connectivity index (χ2v) is 7.32. The Morgan fingerprint density at radius 3 is 2.74 bits per heavy atom. The number of likely N-dealkylation sites (tertiary alicyclic amines) is 1. The summed E-state index contributed by atoms with van der Waals surface area (Å²) >= 11 is 0. The van der Waals surface area contributed by atoms with Crippen molar-refractivity contribution in [2.45, 2.75) is 19.5 Å². The fourth-order valence-electron chi connectivity index (χ4n) is 3.57. The van der Waals surface area contributed by atoms with Crippen LogP contribution in [0.3, 0.4) is 0 Å². The number of aromatic nitrogens is 3. The third-order valence-electron chi connectivity index (χ3n) is 5.21. The van der Waals surface area contributed by atoms with E-state index in [-0.39, 0.29) is 29.9 Å². The number of amides is 1. The van der Waals surface area contributed by atoms with Crippen LogP contribution in [0.2, 0.25) is 0 Å². The lowest BCUT2D eigenvalue weighted by atomic mass is 10.1. The number of rotatable bonds is 5. The van der Waals surface area contributed by atoms with Crippen molar-refractivity contribution in [3.63, 3.8) is 0 Å². The van der Waals surface area contributed by atoms with E-state index < -0.39 is 5.56 Å². The van der Waals surface area contributed by atoms with Crippen LogP contribution >= 0.6 is 0 Å². The maximum atomic E-state index is 13.3. The highest BCUT2D eigenvalue weighted by molar-refractivity contribution is 5.92. The molecule has 0 atom stereocenters. The molecule has 0 unspecified atom stereocenters. The molecule has 3 heterocycles. The van der Waals surface area contributed by atoms with E-state index in [0.29, 0.717) is 41.2 Å². The predicted octanol–water partition coefficient (Wildman–Crippen LogP) is 1.97. The molecule has 1 fully saturated rings. The van der Waals surface area contributed by atoms with Crippen molar-refractivity contribution in [3.05, 3.63) is 76.2 Å². The van der Waals surface area contributed by atoms with Gasteiger partial charge in [0.25, 0.3) is 5.56 Å². The van der Waals surface area contributed by atoms with Gasteiger partial charge in [-0.15, -0.1) is 0 Å². The van der Waals surface area contributed by atoms with Gasteiger partial charge in [0, 0.05) is 19.3 Å². The number of carbonyl (C=O) groups excluding carboxylic acids is 1. The predicted molar refractivity (Wildman–Crippen MR) is 113 cm³/mol. The number of nitrogens with zero attached hydrogens (tertiary/aromatic N) is 5. The molecule has 0 radical (unpaired) electrons. The monoisotopic (exact) mass is 418 g/mol. The first kappa shape index (κ1) is 20.2. The first-order valence-corrected chi connectivity index (χ1v) is 9.64. The van der Waals surface area contributed by atoms with Crippen molar-refractivity contribution in [1.29, 1.82) is 5.26 Å². The molecule has 0 spiro atoms. The van der Waals surface area contributed by atoms with Crippen LogP contribution in [0, 0.1) is 24.1 Å². The van der Waals surface area contributed by atoms with E-state index in [1.807, 2.05) is 6.07 Å². The lowest BCUT2D eigenvalue weighted by Crippen LogP contribution is -2.56. The standard InChI is InChI=1S/C22H19FN6O2/c1-3-19(30)28-11-16(12-28)27-20-17(8-24)22(31)29(10-14-4-6-15(23)7-5-14)21-18(20)9-25-13(2)26-21/h3-7,9,16,27H,1,10-12H2,2H3. The molecule has 1 N–H and O–H groups in total. The zero-order valence-corrected chi connectivity index (χ0v) is 16.8. The zero-order valence-electron chi connectivity index (χ0n) is 16.8. The fraction of sp³-hybridized carbons (Fsp3) is 0.227. The van der Waals surface area contributed by atoms with Crippen molar-refractivity contribution in [1.82, 2.24) is 19.4 Å². The van der Waals surface area contributed by atoms with Gasteiger partial charge < -0.3 is 10.2 Å². The van der Waals surface area contributed by atoms with Crippen molar-refractivity contribution in [2.24, 2.45) is 0 Å². The SMILES string of the molecule is C=CC(=O)N1CC(Nc2c(C#N)c(=O)n(Cc3ccc(F)cc3)c3nc(C)ncc23)C1. The van der Waals surface area contributed by atoms with Crippen LogP contribution in [0.4, 0.5) is 10.1 Å². The molecule has 2 aromatic heterocycles. The number of hydrogen-bond donors (Lipinski definition) is 1. The van der Waals surface area contributed by atoms with Crippen molar-refractivity contribution < 1.29 is 9.18 Å². The van der Waals surface area contributed by atoms with Gasteiger partial charge >= 0.3 is 0 Å². The van der Waals surface area contributed by atoms with Gasteiger partial charge in [-0.3, -0.25) is 14.2 Å². The van der Waals surface area contributed by atoms with E-state index in [1.165, 1.54) is 22.8 Å². The molecule has 3 aromatic rings. The summed E-state index contributed by atoms with van der Waals surface area (Å²) in [6, 6.07) is 7.68. The summed E-state index contributed by atoms with van der Waals surface area (Å²) in [6.45, 7) is 6.18.